The highest BCUT2D eigenvalue weighted by Crippen LogP contribution is 2.23. The predicted molar refractivity (Wildman–Crippen MR) is 244 cm³/mol. The van der Waals surface area contributed by atoms with Crippen LogP contribution in [0.2, 0.25) is 0 Å². The van der Waals surface area contributed by atoms with E-state index in [-0.39, 0.29) is 70.0 Å². The molecule has 0 bridgehead atoms. The number of carbonyl (C=O) groups is 7. The number of ketones is 1. The second-order valence-electron chi connectivity index (χ2n) is 16.6. The van der Waals surface area contributed by atoms with Gasteiger partial charge in [-0.2, -0.15) is 11.8 Å². The predicted octanol–water partition coefficient (Wildman–Crippen LogP) is 7.91. The van der Waals surface area contributed by atoms with Crippen molar-refractivity contribution in [2.24, 2.45) is 17.8 Å². The summed E-state index contributed by atoms with van der Waals surface area (Å²) in [6.45, 7) is 6.57. The van der Waals surface area contributed by atoms with Gasteiger partial charge in [0.25, 0.3) is 0 Å². The number of esters is 5. The summed E-state index contributed by atoms with van der Waals surface area (Å²) in [5.74, 6) is -6.91. The highest BCUT2D eigenvalue weighted by atomic mass is 32.2. The molecule has 0 radical (unpaired) electrons. The Morgan fingerprint density at radius 3 is 1.35 bits per heavy atom. The summed E-state index contributed by atoms with van der Waals surface area (Å²) in [4.78, 5) is 93.1. The van der Waals surface area contributed by atoms with Crippen LogP contribution >= 0.6 is 11.8 Å². The van der Waals surface area contributed by atoms with Crippen molar-refractivity contribution in [2.45, 2.75) is 97.9 Å². The van der Waals surface area contributed by atoms with Crippen LogP contribution in [0.4, 0.5) is 0 Å². The largest absolute Gasteiger partial charge is 0.461 e. The van der Waals surface area contributed by atoms with Crippen LogP contribution in [-0.4, -0.2) is 64.7 Å². The van der Waals surface area contributed by atoms with Gasteiger partial charge in [0.2, 0.25) is 5.91 Å². The molecule has 1 N–H and O–H groups in total. The molecule has 0 saturated heterocycles. The normalized spacial score (nSPS) is 12.9. The molecular weight excluding hydrogens is 851 g/mol. The lowest BCUT2D eigenvalue weighted by atomic mass is 9.99. The fourth-order valence-electron chi connectivity index (χ4n) is 6.26. The van der Waals surface area contributed by atoms with Crippen LogP contribution in [0.5, 0.6) is 0 Å². The van der Waals surface area contributed by atoms with Gasteiger partial charge in [0.15, 0.2) is 0 Å². The van der Waals surface area contributed by atoms with Gasteiger partial charge in [-0.3, -0.25) is 28.8 Å². The van der Waals surface area contributed by atoms with Gasteiger partial charge in [-0.25, -0.2) is 4.79 Å². The van der Waals surface area contributed by atoms with E-state index in [1.54, 1.807) is 69.3 Å². The molecule has 0 aromatic heterocycles. The van der Waals surface area contributed by atoms with Gasteiger partial charge in [-0.15, -0.1) is 0 Å². The molecule has 4 rings (SSSR count). The van der Waals surface area contributed by atoms with Crippen molar-refractivity contribution in [3.8, 4) is 0 Å². The molecular formula is C51H59NO12S. The van der Waals surface area contributed by atoms with E-state index in [4.69, 9.17) is 23.7 Å². The Morgan fingerprint density at radius 1 is 0.523 bits per heavy atom. The smallest absolute Gasteiger partial charge is 0.328 e. The molecule has 4 aromatic carbocycles. The Morgan fingerprint density at radius 2 is 0.923 bits per heavy atom. The van der Waals surface area contributed by atoms with Gasteiger partial charge in [0.05, 0.1) is 24.7 Å². The average molecular weight is 910 g/mol. The quantitative estimate of drug-likeness (QED) is 0.0475. The summed E-state index contributed by atoms with van der Waals surface area (Å²) >= 11 is 1.19. The van der Waals surface area contributed by atoms with E-state index in [1.807, 2.05) is 72.8 Å². The van der Waals surface area contributed by atoms with E-state index in [1.165, 1.54) is 18.7 Å². The van der Waals surface area contributed by atoms with Crippen molar-refractivity contribution < 1.29 is 57.2 Å². The van der Waals surface area contributed by atoms with Crippen LogP contribution in [-0.2, 0) is 83.7 Å². The molecule has 4 atom stereocenters. The summed E-state index contributed by atoms with van der Waals surface area (Å²) < 4.78 is 27.7. The van der Waals surface area contributed by atoms with Crippen molar-refractivity contribution in [1.82, 2.24) is 5.32 Å². The van der Waals surface area contributed by atoms with E-state index in [9.17, 15) is 33.6 Å². The number of thioether (sulfide) groups is 1. The van der Waals surface area contributed by atoms with Gasteiger partial charge in [0, 0.05) is 30.3 Å². The maximum Gasteiger partial charge on any atom is 0.328 e. The van der Waals surface area contributed by atoms with E-state index in [0.717, 1.165) is 16.7 Å². The first-order valence-electron chi connectivity index (χ1n) is 21.6. The van der Waals surface area contributed by atoms with Crippen molar-refractivity contribution in [2.75, 3.05) is 11.5 Å². The number of hydrogen-bond donors (Lipinski definition) is 1. The number of amides is 1. The minimum atomic E-state index is -1.25. The number of benzene rings is 4. The minimum Gasteiger partial charge on any atom is -0.461 e. The van der Waals surface area contributed by atoms with Gasteiger partial charge in [0.1, 0.15) is 43.9 Å². The first-order valence-corrected chi connectivity index (χ1v) is 22.7. The summed E-state index contributed by atoms with van der Waals surface area (Å²) in [5.41, 5.74) is 2.24. The zero-order chi connectivity index (χ0) is 47.0. The molecule has 346 valence electrons. The van der Waals surface area contributed by atoms with Crippen molar-refractivity contribution in [1.29, 1.82) is 0 Å². The van der Waals surface area contributed by atoms with Crippen LogP contribution in [0.1, 0.15) is 82.1 Å². The highest BCUT2D eigenvalue weighted by Gasteiger charge is 2.31. The maximum atomic E-state index is 13.7. The van der Waals surface area contributed by atoms with E-state index in [2.05, 4.69) is 5.32 Å². The molecule has 0 aliphatic carbocycles. The van der Waals surface area contributed by atoms with E-state index in [0.29, 0.717) is 5.56 Å². The molecule has 0 heterocycles. The monoisotopic (exact) mass is 909 g/mol. The second-order valence-corrected chi connectivity index (χ2v) is 17.7. The maximum absolute atomic E-state index is 13.7. The summed E-state index contributed by atoms with van der Waals surface area (Å²) in [5, 5.41) is 2.65. The van der Waals surface area contributed by atoms with Gasteiger partial charge >= 0.3 is 29.8 Å². The topological polar surface area (TPSA) is 178 Å². The van der Waals surface area contributed by atoms with Crippen molar-refractivity contribution in [3.05, 3.63) is 144 Å². The van der Waals surface area contributed by atoms with Crippen LogP contribution in [0, 0.1) is 17.8 Å². The molecule has 0 saturated carbocycles. The zero-order valence-corrected chi connectivity index (χ0v) is 38.3. The Labute approximate surface area is 385 Å². The van der Waals surface area contributed by atoms with Crippen LogP contribution in [0.3, 0.4) is 0 Å². The molecule has 1 amide bonds. The van der Waals surface area contributed by atoms with Crippen molar-refractivity contribution in [3.63, 3.8) is 0 Å². The third kappa shape index (κ3) is 20.4. The lowest BCUT2D eigenvalue weighted by molar-refractivity contribution is -0.157. The average Bonchev–Trinajstić information content (AvgIpc) is 3.29. The summed E-state index contributed by atoms with van der Waals surface area (Å²) in [6, 6.07) is 35.0. The molecule has 0 unspecified atom stereocenters. The SMILES string of the molecule is C[C@H](CC(=O)OC(C)(C)C)C(=O)N[C@H](CCC(=O)C[C@H](CSC[C@H](CC(=O)OCc1ccccc1)C(=O)OCc1ccccc1)C(=O)OCc1ccccc1)C(=O)OCc1ccccc1. The molecule has 0 spiro atoms. The fourth-order valence-corrected chi connectivity index (χ4v) is 7.48. The van der Waals surface area contributed by atoms with Crippen LogP contribution < -0.4 is 5.32 Å². The Bertz CT molecular complexity index is 2130. The zero-order valence-electron chi connectivity index (χ0n) is 37.4. The first kappa shape index (κ1) is 51.4. The lowest BCUT2D eigenvalue weighted by Gasteiger charge is -2.22. The minimum absolute atomic E-state index is 0.00720. The fraction of sp³-hybridized carbons (Fsp3) is 0.392. The number of carbonyl (C=O) groups excluding carboxylic acids is 7. The standard InChI is InChI=1S/C51H59NO12S/c1-36(27-46(55)64-51(2,3)4)47(56)52-44(50(59)63-33-40-23-15-8-16-24-40)26-25-43(53)28-41(48(57)61-31-38-19-11-6-12-20-38)34-65-35-42(49(58)62-32-39-21-13-7-14-22-39)29-45(54)60-30-37-17-9-5-10-18-37/h5-24,36,41-42,44H,25-35H2,1-4H3,(H,52,56)/t36-,41-,42+,44-/m1/s1. The molecule has 14 heteroatoms. The second kappa shape index (κ2) is 27.1. The third-order valence-electron chi connectivity index (χ3n) is 9.76. The van der Waals surface area contributed by atoms with Gasteiger partial charge in [-0.05, 0) is 49.4 Å². The van der Waals surface area contributed by atoms with Gasteiger partial charge in [-0.1, -0.05) is 128 Å². The first-order chi connectivity index (χ1) is 31.1. The molecule has 65 heavy (non-hydrogen) atoms. The molecule has 0 aliphatic rings. The molecule has 0 fully saturated rings. The summed E-state index contributed by atoms with van der Waals surface area (Å²) in [7, 11) is 0. The number of rotatable bonds is 26. The number of nitrogens with one attached hydrogen (secondary N) is 1. The molecule has 13 nitrogen and oxygen atoms in total. The Kier molecular flexibility index (Phi) is 21.4. The van der Waals surface area contributed by atoms with E-state index < -0.39 is 70.9 Å². The lowest BCUT2D eigenvalue weighted by Crippen LogP contribution is -2.44. The number of Topliss-reactive ketones (excluding diaryl/α,β-unsaturated/α-hetero) is 1. The number of hydrogen-bond acceptors (Lipinski definition) is 13. The van der Waals surface area contributed by atoms with Crippen molar-refractivity contribution >= 4 is 53.3 Å². The molecule has 0 aliphatic heterocycles. The van der Waals surface area contributed by atoms with Crippen LogP contribution in [0.25, 0.3) is 0 Å². The Balaban J connectivity index is 1.44. The third-order valence-corrected chi connectivity index (χ3v) is 11.0. The summed E-state index contributed by atoms with van der Waals surface area (Å²) in [6.07, 6.45) is -1.17. The molecule has 4 aromatic rings. The number of ether oxygens (including phenoxy) is 5. The highest BCUT2D eigenvalue weighted by molar-refractivity contribution is 7.99. The Hall–Kier alpha value is -6.28. The van der Waals surface area contributed by atoms with E-state index >= 15 is 0 Å². The van der Waals surface area contributed by atoms with Crippen LogP contribution in [0.15, 0.2) is 121 Å². The van der Waals surface area contributed by atoms with Gasteiger partial charge < -0.3 is 29.0 Å².